The van der Waals surface area contributed by atoms with E-state index in [-0.39, 0.29) is 12.5 Å². The van der Waals surface area contributed by atoms with Crippen LogP contribution in [-0.2, 0) is 20.9 Å². The molecule has 0 unspecified atom stereocenters. The molecule has 0 N–H and O–H groups in total. The predicted molar refractivity (Wildman–Crippen MR) is 97.9 cm³/mol. The monoisotopic (exact) mass is 390 g/mol. The van der Waals surface area contributed by atoms with Gasteiger partial charge in [-0.05, 0) is 30.3 Å². The van der Waals surface area contributed by atoms with Gasteiger partial charge in [0.1, 0.15) is 18.1 Å². The smallest absolute Gasteiger partial charge is 0.264 e. The molecule has 0 spiro atoms. The quantitative estimate of drug-likeness (QED) is 0.568. The number of hydrogen-bond acceptors (Lipinski definition) is 8. The Morgan fingerprint density at radius 1 is 1.00 bits per heavy atom. The number of ether oxygens (including phenoxy) is 2. The molecule has 27 heavy (non-hydrogen) atoms. The van der Waals surface area contributed by atoms with Crippen LogP contribution in [0.15, 0.2) is 47.0 Å². The Hall–Kier alpha value is -2.91. The summed E-state index contributed by atoms with van der Waals surface area (Å²) in [6.07, 6.45) is 2.57. The number of pyridine rings is 1. The minimum absolute atomic E-state index is 0.136. The molecule has 0 aliphatic heterocycles. The third-order valence-electron chi connectivity index (χ3n) is 3.64. The largest absolute Gasteiger partial charge is 0.497 e. The summed E-state index contributed by atoms with van der Waals surface area (Å²) < 4.78 is 43.3. The average Bonchev–Trinajstić information content (AvgIpc) is 3.10. The second kappa shape index (κ2) is 7.77. The van der Waals surface area contributed by atoms with Crippen molar-refractivity contribution in [1.82, 2.24) is 9.97 Å². The van der Waals surface area contributed by atoms with E-state index in [4.69, 9.17) is 18.1 Å². The molecule has 0 amide bonds. The maximum absolute atomic E-state index is 11.2. The van der Waals surface area contributed by atoms with E-state index in [2.05, 4.69) is 9.97 Å². The topological polar surface area (TPSA) is 101 Å². The van der Waals surface area contributed by atoms with Gasteiger partial charge in [0.15, 0.2) is 5.76 Å². The lowest BCUT2D eigenvalue weighted by molar-refractivity contribution is 0.271. The van der Waals surface area contributed by atoms with Gasteiger partial charge in [-0.2, -0.15) is 8.42 Å². The van der Waals surface area contributed by atoms with E-state index >= 15 is 0 Å². The lowest BCUT2D eigenvalue weighted by Gasteiger charge is -2.04. The van der Waals surface area contributed by atoms with E-state index in [0.29, 0.717) is 28.6 Å². The number of hydrogen-bond donors (Lipinski definition) is 0. The van der Waals surface area contributed by atoms with E-state index < -0.39 is 10.1 Å². The second-order valence-corrected chi connectivity index (χ2v) is 7.21. The summed E-state index contributed by atoms with van der Waals surface area (Å²) >= 11 is 0. The van der Waals surface area contributed by atoms with Crippen LogP contribution >= 0.6 is 0 Å². The van der Waals surface area contributed by atoms with Crippen LogP contribution in [0.3, 0.4) is 0 Å². The molecule has 0 atom stereocenters. The number of benzene rings is 1. The van der Waals surface area contributed by atoms with E-state index in [0.717, 1.165) is 11.8 Å². The van der Waals surface area contributed by atoms with E-state index in [1.807, 2.05) is 12.1 Å². The fourth-order valence-corrected chi connectivity index (χ4v) is 2.67. The molecule has 2 heterocycles. The molecular formula is C18H18N2O6S. The van der Waals surface area contributed by atoms with Crippen molar-refractivity contribution in [3.8, 4) is 34.2 Å². The van der Waals surface area contributed by atoms with Crippen LogP contribution in [0.1, 0.15) is 5.89 Å². The Morgan fingerprint density at radius 2 is 1.70 bits per heavy atom. The summed E-state index contributed by atoms with van der Waals surface area (Å²) in [5.74, 6) is 1.77. The van der Waals surface area contributed by atoms with Gasteiger partial charge in [0.05, 0.1) is 20.5 Å². The van der Waals surface area contributed by atoms with Crippen molar-refractivity contribution in [1.29, 1.82) is 0 Å². The van der Waals surface area contributed by atoms with Crippen molar-refractivity contribution in [2.75, 3.05) is 20.5 Å². The van der Waals surface area contributed by atoms with Crippen LogP contribution in [-0.4, -0.2) is 38.9 Å². The summed E-state index contributed by atoms with van der Waals surface area (Å²) in [5, 5.41) is 0. The molecule has 0 saturated carbocycles. The fraction of sp³-hybridized carbons (Fsp3) is 0.222. The minimum atomic E-state index is -3.62. The Balaban J connectivity index is 2.03. The lowest BCUT2D eigenvalue weighted by atomic mass is 10.1. The number of rotatable bonds is 7. The highest BCUT2D eigenvalue weighted by Crippen LogP contribution is 2.34. The third-order valence-corrected chi connectivity index (χ3v) is 4.19. The van der Waals surface area contributed by atoms with Gasteiger partial charge in [0, 0.05) is 23.4 Å². The van der Waals surface area contributed by atoms with Gasteiger partial charge in [-0.3, -0.25) is 4.18 Å². The van der Waals surface area contributed by atoms with Crippen molar-refractivity contribution in [3.63, 3.8) is 0 Å². The molecule has 8 nitrogen and oxygen atoms in total. The molecule has 3 rings (SSSR count). The van der Waals surface area contributed by atoms with Crippen molar-refractivity contribution in [2.45, 2.75) is 6.61 Å². The van der Waals surface area contributed by atoms with Crippen molar-refractivity contribution in [2.24, 2.45) is 0 Å². The third kappa shape index (κ3) is 4.63. The second-order valence-electron chi connectivity index (χ2n) is 5.57. The molecular weight excluding hydrogens is 372 g/mol. The normalized spacial score (nSPS) is 11.4. The number of aromatic nitrogens is 2. The zero-order chi connectivity index (χ0) is 19.4. The first-order valence-electron chi connectivity index (χ1n) is 7.88. The zero-order valence-corrected chi connectivity index (χ0v) is 15.8. The maximum Gasteiger partial charge on any atom is 0.264 e. The van der Waals surface area contributed by atoms with E-state index in [1.54, 1.807) is 37.6 Å². The Kier molecular flexibility index (Phi) is 5.43. The highest BCUT2D eigenvalue weighted by atomic mass is 32.2. The molecule has 0 aliphatic carbocycles. The van der Waals surface area contributed by atoms with Crippen LogP contribution < -0.4 is 9.47 Å². The molecule has 0 aliphatic rings. The molecule has 0 radical (unpaired) electrons. The van der Waals surface area contributed by atoms with Gasteiger partial charge in [-0.15, -0.1) is 0 Å². The summed E-state index contributed by atoms with van der Waals surface area (Å²) in [4.78, 5) is 8.57. The standard InChI is InChI=1S/C18H18N2O6S/c1-23-14-7-4-12(5-8-14)18-17(13-6-9-15(24-2)19-10-13)20-16(26-18)11-25-27(3,21)22/h4-10H,11H2,1-3H3. The van der Waals surface area contributed by atoms with Crippen LogP contribution in [0, 0.1) is 0 Å². The van der Waals surface area contributed by atoms with Gasteiger partial charge in [0.2, 0.25) is 11.8 Å². The van der Waals surface area contributed by atoms with Crippen LogP contribution in [0.25, 0.3) is 22.6 Å². The summed E-state index contributed by atoms with van der Waals surface area (Å²) in [5.41, 5.74) is 1.96. The van der Waals surface area contributed by atoms with Gasteiger partial charge in [-0.1, -0.05) is 0 Å². The molecule has 0 fully saturated rings. The number of nitrogens with zero attached hydrogens (tertiary/aromatic N) is 2. The fourth-order valence-electron chi connectivity index (χ4n) is 2.36. The zero-order valence-electron chi connectivity index (χ0n) is 15.0. The van der Waals surface area contributed by atoms with E-state index in [1.165, 1.54) is 7.11 Å². The molecule has 2 aromatic heterocycles. The van der Waals surface area contributed by atoms with Crippen LogP contribution in [0.2, 0.25) is 0 Å². The van der Waals surface area contributed by atoms with Gasteiger partial charge in [-0.25, -0.2) is 9.97 Å². The first-order chi connectivity index (χ1) is 12.9. The first kappa shape index (κ1) is 18.9. The Morgan fingerprint density at radius 3 is 2.26 bits per heavy atom. The average molecular weight is 390 g/mol. The number of oxazole rings is 1. The van der Waals surface area contributed by atoms with Crippen LogP contribution in [0.5, 0.6) is 11.6 Å². The summed E-state index contributed by atoms with van der Waals surface area (Å²) in [6, 6.07) is 10.7. The van der Waals surface area contributed by atoms with Crippen LogP contribution in [0.4, 0.5) is 0 Å². The molecule has 0 saturated heterocycles. The maximum atomic E-state index is 11.2. The number of methoxy groups -OCH3 is 2. The first-order valence-corrected chi connectivity index (χ1v) is 9.70. The van der Waals surface area contributed by atoms with Crippen molar-refractivity contribution >= 4 is 10.1 Å². The molecule has 3 aromatic rings. The predicted octanol–water partition coefficient (Wildman–Crippen LogP) is 2.90. The molecule has 142 valence electrons. The summed E-state index contributed by atoms with van der Waals surface area (Å²) in [7, 11) is -0.507. The van der Waals surface area contributed by atoms with E-state index in [9.17, 15) is 8.42 Å². The van der Waals surface area contributed by atoms with Crippen molar-refractivity contribution < 1.29 is 26.5 Å². The molecule has 0 bridgehead atoms. The minimum Gasteiger partial charge on any atom is -0.497 e. The Bertz CT molecular complexity index is 946. The van der Waals surface area contributed by atoms with Gasteiger partial charge in [0.25, 0.3) is 10.1 Å². The molecule has 1 aromatic carbocycles. The SMILES string of the molecule is COc1ccc(-c2oc(COS(C)(=O)=O)nc2-c2ccc(OC)nc2)cc1. The van der Waals surface area contributed by atoms with Gasteiger partial charge < -0.3 is 13.9 Å². The summed E-state index contributed by atoms with van der Waals surface area (Å²) in [6.45, 7) is -0.300. The Labute approximate surface area is 156 Å². The highest BCUT2D eigenvalue weighted by molar-refractivity contribution is 7.85. The van der Waals surface area contributed by atoms with Gasteiger partial charge >= 0.3 is 0 Å². The molecule has 9 heteroatoms. The lowest BCUT2D eigenvalue weighted by Crippen LogP contribution is -2.02. The van der Waals surface area contributed by atoms with Crippen molar-refractivity contribution in [3.05, 3.63) is 48.5 Å². The highest BCUT2D eigenvalue weighted by Gasteiger charge is 2.19.